The van der Waals surface area contributed by atoms with Gasteiger partial charge in [0.15, 0.2) is 0 Å². The monoisotopic (exact) mass is 291 g/mol. The van der Waals surface area contributed by atoms with Crippen LogP contribution in [0.5, 0.6) is 0 Å². The summed E-state index contributed by atoms with van der Waals surface area (Å²) in [7, 11) is 1.98. The van der Waals surface area contributed by atoms with Crippen molar-refractivity contribution in [3.8, 4) is 0 Å². The lowest BCUT2D eigenvalue weighted by molar-refractivity contribution is -0.143. The fraction of sp³-hybridized carbons (Fsp3) is 0.500. The van der Waals surface area contributed by atoms with E-state index >= 15 is 0 Å². The molecule has 1 aromatic heterocycles. The normalized spacial score (nSPS) is 10.1. The molecule has 1 aromatic carbocycles. The number of nitrogens with two attached hydrogens (primary N) is 1. The Bertz CT molecular complexity index is 590. The van der Waals surface area contributed by atoms with E-state index < -0.39 is 0 Å². The summed E-state index contributed by atoms with van der Waals surface area (Å²) < 4.78 is 6.94. The number of aromatic nitrogens is 2. The third-order valence-corrected chi connectivity index (χ3v) is 3.08. The van der Waals surface area contributed by atoms with Crippen molar-refractivity contribution in [2.45, 2.75) is 40.0 Å². The van der Waals surface area contributed by atoms with E-state index in [0.717, 1.165) is 29.7 Å². The minimum atomic E-state index is -0.148. The van der Waals surface area contributed by atoms with Gasteiger partial charge in [0.1, 0.15) is 5.82 Å². The number of esters is 1. The van der Waals surface area contributed by atoms with E-state index in [0.29, 0.717) is 18.7 Å². The summed E-state index contributed by atoms with van der Waals surface area (Å²) in [5, 5.41) is 0. The minimum Gasteiger partial charge on any atom is -0.466 e. The van der Waals surface area contributed by atoms with Crippen LogP contribution in [0, 0.1) is 0 Å². The highest BCUT2D eigenvalue weighted by atomic mass is 16.5. The number of nitrogens with zero attached hydrogens (tertiary/aromatic N) is 2. The third kappa shape index (κ3) is 4.48. The Morgan fingerprint density at radius 2 is 2.10 bits per heavy atom. The van der Waals surface area contributed by atoms with Crippen molar-refractivity contribution in [1.82, 2.24) is 9.55 Å². The van der Waals surface area contributed by atoms with Crippen molar-refractivity contribution in [3.05, 3.63) is 24.0 Å². The summed E-state index contributed by atoms with van der Waals surface area (Å²) in [6, 6.07) is 5.70. The zero-order valence-corrected chi connectivity index (χ0v) is 13.3. The van der Waals surface area contributed by atoms with E-state index in [-0.39, 0.29) is 5.97 Å². The largest absolute Gasteiger partial charge is 0.466 e. The number of carbonyl (C=O) groups excluding carboxylic acids is 1. The summed E-state index contributed by atoms with van der Waals surface area (Å²) in [5.74, 6) is 0.815. The maximum atomic E-state index is 11.3. The van der Waals surface area contributed by atoms with Crippen LogP contribution in [0.25, 0.3) is 11.0 Å². The molecule has 2 N–H and O–H groups in total. The number of nitrogen functional groups attached to an aromatic ring is 1. The van der Waals surface area contributed by atoms with Gasteiger partial charge in [-0.15, -0.1) is 0 Å². The zero-order valence-electron chi connectivity index (χ0n) is 13.3. The number of ether oxygens (including phenoxy) is 1. The molecule has 0 aliphatic heterocycles. The van der Waals surface area contributed by atoms with E-state index in [1.54, 1.807) is 0 Å². The molecule has 0 spiro atoms. The van der Waals surface area contributed by atoms with Gasteiger partial charge in [-0.25, -0.2) is 4.98 Å². The van der Waals surface area contributed by atoms with Gasteiger partial charge in [0.2, 0.25) is 0 Å². The number of anilines is 1. The highest BCUT2D eigenvalue weighted by molar-refractivity contribution is 5.79. The van der Waals surface area contributed by atoms with Gasteiger partial charge in [0, 0.05) is 25.6 Å². The Morgan fingerprint density at radius 3 is 2.76 bits per heavy atom. The molecular weight excluding hydrogens is 266 g/mol. The lowest BCUT2D eigenvalue weighted by Gasteiger charge is -2.03. The zero-order chi connectivity index (χ0) is 15.8. The van der Waals surface area contributed by atoms with Crippen LogP contribution in [0.2, 0.25) is 0 Å². The van der Waals surface area contributed by atoms with Gasteiger partial charge in [0.25, 0.3) is 0 Å². The van der Waals surface area contributed by atoms with Crippen LogP contribution in [0.3, 0.4) is 0 Å². The molecule has 5 heteroatoms. The fourth-order valence-electron chi connectivity index (χ4n) is 2.11. The Balaban J connectivity index is 0.00000106. The minimum absolute atomic E-state index is 0.148. The van der Waals surface area contributed by atoms with Crippen molar-refractivity contribution in [1.29, 1.82) is 0 Å². The van der Waals surface area contributed by atoms with Gasteiger partial charge >= 0.3 is 5.97 Å². The summed E-state index contributed by atoms with van der Waals surface area (Å²) in [5.41, 5.74) is 8.41. The van der Waals surface area contributed by atoms with Crippen LogP contribution in [0.1, 0.15) is 39.4 Å². The van der Waals surface area contributed by atoms with E-state index in [1.165, 1.54) is 0 Å². The first-order chi connectivity index (χ1) is 10.1. The number of rotatable bonds is 5. The molecule has 116 valence electrons. The van der Waals surface area contributed by atoms with E-state index in [1.807, 2.05) is 50.6 Å². The fourth-order valence-corrected chi connectivity index (χ4v) is 2.11. The second kappa shape index (κ2) is 8.29. The second-order valence-electron chi connectivity index (χ2n) is 4.49. The quantitative estimate of drug-likeness (QED) is 0.679. The Hall–Kier alpha value is -2.04. The van der Waals surface area contributed by atoms with E-state index in [4.69, 9.17) is 10.5 Å². The van der Waals surface area contributed by atoms with Gasteiger partial charge in [0.05, 0.1) is 17.6 Å². The van der Waals surface area contributed by atoms with Crippen molar-refractivity contribution < 1.29 is 9.53 Å². The molecular formula is C16H25N3O2. The number of hydrogen-bond donors (Lipinski definition) is 1. The summed E-state index contributed by atoms with van der Waals surface area (Å²) in [6.45, 7) is 6.25. The van der Waals surface area contributed by atoms with Crippen LogP contribution in [0.4, 0.5) is 5.69 Å². The van der Waals surface area contributed by atoms with Crippen LogP contribution in [0.15, 0.2) is 18.2 Å². The molecule has 5 nitrogen and oxygen atoms in total. The van der Waals surface area contributed by atoms with Gasteiger partial charge in [-0.2, -0.15) is 0 Å². The molecule has 2 rings (SSSR count). The van der Waals surface area contributed by atoms with Crippen LogP contribution < -0.4 is 5.73 Å². The smallest absolute Gasteiger partial charge is 0.305 e. The summed E-state index contributed by atoms with van der Waals surface area (Å²) >= 11 is 0. The van der Waals surface area contributed by atoms with Crippen LogP contribution >= 0.6 is 0 Å². The Kier molecular flexibility index (Phi) is 6.72. The molecule has 0 unspecified atom stereocenters. The average Bonchev–Trinajstić information content (AvgIpc) is 2.77. The highest BCUT2D eigenvalue weighted by Gasteiger charge is 2.09. The number of fused-ring (bicyclic) bond motifs is 1. The van der Waals surface area contributed by atoms with Gasteiger partial charge in [-0.1, -0.05) is 13.8 Å². The lowest BCUT2D eigenvalue weighted by Crippen LogP contribution is -2.05. The number of carbonyl (C=O) groups is 1. The van der Waals surface area contributed by atoms with Crippen molar-refractivity contribution in [2.24, 2.45) is 7.05 Å². The second-order valence-corrected chi connectivity index (χ2v) is 4.49. The molecule has 0 atom stereocenters. The molecule has 21 heavy (non-hydrogen) atoms. The number of benzene rings is 1. The molecule has 0 saturated carbocycles. The maximum Gasteiger partial charge on any atom is 0.305 e. The Labute approximate surface area is 126 Å². The first-order valence-corrected chi connectivity index (χ1v) is 7.48. The van der Waals surface area contributed by atoms with E-state index in [2.05, 4.69) is 4.98 Å². The molecule has 0 radical (unpaired) electrons. The van der Waals surface area contributed by atoms with Gasteiger partial charge in [-0.3, -0.25) is 4.79 Å². The molecule has 1 heterocycles. The van der Waals surface area contributed by atoms with E-state index in [9.17, 15) is 4.79 Å². The molecule has 0 aliphatic rings. The molecule has 0 bridgehead atoms. The SMILES string of the molecule is CC.CCOC(=O)CCCc1nc2cc(N)ccc2n1C. The average molecular weight is 291 g/mol. The first-order valence-electron chi connectivity index (χ1n) is 7.48. The highest BCUT2D eigenvalue weighted by Crippen LogP contribution is 2.18. The van der Waals surface area contributed by atoms with Crippen molar-refractivity contribution >= 4 is 22.7 Å². The molecule has 0 saturated heterocycles. The van der Waals surface area contributed by atoms with Crippen LogP contribution in [-0.4, -0.2) is 22.1 Å². The molecule has 0 amide bonds. The summed E-state index contributed by atoms with van der Waals surface area (Å²) in [6.07, 6.45) is 1.93. The predicted molar refractivity (Wildman–Crippen MR) is 86.0 cm³/mol. The standard InChI is InChI=1S/C14H19N3O2.C2H6/c1-3-19-14(18)6-4-5-13-16-11-9-10(15)7-8-12(11)17(13)2;1-2/h7-9H,3-6,15H2,1-2H3;1-2H3. The van der Waals surface area contributed by atoms with Gasteiger partial charge < -0.3 is 15.0 Å². The molecule has 0 aliphatic carbocycles. The molecule has 2 aromatic rings. The van der Waals surface area contributed by atoms with Crippen molar-refractivity contribution in [3.63, 3.8) is 0 Å². The maximum absolute atomic E-state index is 11.3. The third-order valence-electron chi connectivity index (χ3n) is 3.08. The first kappa shape index (κ1) is 17.0. The van der Waals surface area contributed by atoms with Crippen LogP contribution in [-0.2, 0) is 23.0 Å². The lowest BCUT2D eigenvalue weighted by atomic mass is 10.2. The number of hydrogen-bond acceptors (Lipinski definition) is 4. The van der Waals surface area contributed by atoms with Crippen molar-refractivity contribution in [2.75, 3.05) is 12.3 Å². The number of imidazole rings is 1. The topological polar surface area (TPSA) is 70.1 Å². The Morgan fingerprint density at radius 1 is 1.38 bits per heavy atom. The predicted octanol–water partition coefficient (Wildman–Crippen LogP) is 3.07. The number of aryl methyl sites for hydroxylation is 2. The molecule has 0 fully saturated rings. The van der Waals surface area contributed by atoms with Gasteiger partial charge in [-0.05, 0) is 31.5 Å². The summed E-state index contributed by atoms with van der Waals surface area (Å²) in [4.78, 5) is 15.8.